The number of amides is 1. The van der Waals surface area contributed by atoms with Gasteiger partial charge in [0.2, 0.25) is 5.88 Å². The Hall–Kier alpha value is -3.77. The summed E-state index contributed by atoms with van der Waals surface area (Å²) in [7, 11) is 1.46. The van der Waals surface area contributed by atoms with E-state index in [1.807, 2.05) is 6.07 Å². The van der Waals surface area contributed by atoms with E-state index >= 15 is 0 Å². The summed E-state index contributed by atoms with van der Waals surface area (Å²) in [6.07, 6.45) is 0. The second-order valence-corrected chi connectivity index (χ2v) is 6.08. The molecule has 28 heavy (non-hydrogen) atoms. The zero-order chi connectivity index (χ0) is 20.3. The summed E-state index contributed by atoms with van der Waals surface area (Å²) >= 11 is 0. The molecule has 9 nitrogen and oxygen atoms in total. The van der Waals surface area contributed by atoms with E-state index in [1.54, 1.807) is 37.3 Å². The van der Waals surface area contributed by atoms with Gasteiger partial charge in [-0.2, -0.15) is 5.26 Å². The first-order chi connectivity index (χ1) is 13.5. The largest absolute Gasteiger partial charge is 0.493 e. The summed E-state index contributed by atoms with van der Waals surface area (Å²) in [5.41, 5.74) is 1.08. The quantitative estimate of drug-likeness (QED) is 0.658. The monoisotopic (exact) mass is 379 g/mol. The van der Waals surface area contributed by atoms with Crippen LogP contribution in [0.25, 0.3) is 10.9 Å². The van der Waals surface area contributed by atoms with Gasteiger partial charge in [-0.3, -0.25) is 9.59 Å². The number of para-hydroxylation sites is 1. The maximum absolute atomic E-state index is 12.5. The first-order valence-corrected chi connectivity index (χ1v) is 8.32. The van der Waals surface area contributed by atoms with Crippen LogP contribution in [0, 0.1) is 18.3 Å². The number of aromatic nitrogens is 2. The smallest absolute Gasteiger partial charge is 0.284 e. The van der Waals surface area contributed by atoms with E-state index < -0.39 is 11.5 Å². The molecule has 0 atom stereocenters. The fraction of sp³-hybridized carbons (Fsp3) is 0.211. The summed E-state index contributed by atoms with van der Waals surface area (Å²) in [5.74, 6) is -0.903. The van der Waals surface area contributed by atoms with Crippen LogP contribution in [0.4, 0.5) is 5.69 Å². The zero-order valence-electron chi connectivity index (χ0n) is 15.3. The third kappa shape index (κ3) is 3.54. The van der Waals surface area contributed by atoms with Crippen molar-refractivity contribution in [3.63, 3.8) is 0 Å². The molecule has 0 spiro atoms. The molecular formula is C19H17N5O4. The Labute approximate surface area is 159 Å². The number of aromatic hydroxyl groups is 1. The van der Waals surface area contributed by atoms with E-state index in [2.05, 4.69) is 15.2 Å². The lowest BCUT2D eigenvalue weighted by molar-refractivity contribution is -0.118. The lowest BCUT2D eigenvalue weighted by atomic mass is 10.1. The summed E-state index contributed by atoms with van der Waals surface area (Å²) in [6.45, 7) is 1.39. The fourth-order valence-electron chi connectivity index (χ4n) is 2.91. The predicted molar refractivity (Wildman–Crippen MR) is 100 cm³/mol. The molecule has 1 amide bonds. The van der Waals surface area contributed by atoms with E-state index in [0.29, 0.717) is 22.2 Å². The molecular weight excluding hydrogens is 362 g/mol. The van der Waals surface area contributed by atoms with E-state index in [4.69, 9.17) is 4.74 Å². The maximum atomic E-state index is 12.5. The highest BCUT2D eigenvalue weighted by Crippen LogP contribution is 2.35. The Bertz CT molecular complexity index is 1180. The summed E-state index contributed by atoms with van der Waals surface area (Å²) in [4.78, 5) is 27.5. The molecule has 9 heteroatoms. The van der Waals surface area contributed by atoms with Crippen molar-refractivity contribution in [2.24, 2.45) is 10.2 Å². The van der Waals surface area contributed by atoms with Gasteiger partial charge in [-0.15, -0.1) is 10.2 Å². The van der Waals surface area contributed by atoms with Crippen LogP contribution in [0.2, 0.25) is 0 Å². The van der Waals surface area contributed by atoms with Gasteiger partial charge >= 0.3 is 0 Å². The Kier molecular flexibility index (Phi) is 5.33. The van der Waals surface area contributed by atoms with Crippen molar-refractivity contribution in [2.75, 3.05) is 7.11 Å². The third-order valence-corrected chi connectivity index (χ3v) is 4.22. The zero-order valence-corrected chi connectivity index (χ0v) is 15.3. The number of carbonyl (C=O) groups excluding carboxylic acids is 1. The number of hydrogen-bond acceptors (Lipinski definition) is 6. The predicted octanol–water partition coefficient (Wildman–Crippen LogP) is 2.67. The van der Waals surface area contributed by atoms with Crippen LogP contribution < -0.4 is 5.56 Å². The molecule has 0 unspecified atom stereocenters. The van der Waals surface area contributed by atoms with Crippen molar-refractivity contribution in [3.05, 3.63) is 57.5 Å². The molecule has 142 valence electrons. The number of aromatic amines is 1. The van der Waals surface area contributed by atoms with Gasteiger partial charge in [0.05, 0.1) is 12.1 Å². The average Bonchev–Trinajstić information content (AvgIpc) is 2.99. The van der Waals surface area contributed by atoms with Gasteiger partial charge in [-0.05, 0) is 19.1 Å². The standard InChI is InChI=1S/C19H17N5O4/c1-11-7-12(10-28-2)14(8-20)19(27)24(11)9-16(25)22-23-17-13-5-3-4-6-15(13)21-18(17)26/h3-7,21,26H,9-10H2,1-2H3. The molecule has 3 aromatic rings. The minimum absolute atomic E-state index is 0.0774. The Morgan fingerprint density at radius 1 is 1.39 bits per heavy atom. The van der Waals surface area contributed by atoms with Gasteiger partial charge in [-0.25, -0.2) is 0 Å². The summed E-state index contributed by atoms with van der Waals surface area (Å²) < 4.78 is 6.16. The third-order valence-electron chi connectivity index (χ3n) is 4.22. The lowest BCUT2D eigenvalue weighted by Gasteiger charge is -2.11. The Morgan fingerprint density at radius 3 is 2.86 bits per heavy atom. The number of rotatable bonds is 5. The number of fused-ring (bicyclic) bond motifs is 1. The van der Waals surface area contributed by atoms with Crippen LogP contribution in [-0.4, -0.2) is 27.7 Å². The molecule has 0 aliphatic heterocycles. The van der Waals surface area contributed by atoms with E-state index in [1.165, 1.54) is 7.11 Å². The first-order valence-electron chi connectivity index (χ1n) is 8.32. The molecule has 2 aromatic heterocycles. The summed E-state index contributed by atoms with van der Waals surface area (Å²) in [5, 5.41) is 27.3. The SMILES string of the molecule is COCc1cc(C)n(CC(=O)N=Nc2c(O)[nH]c3ccccc23)c(=O)c1C#N. The van der Waals surface area contributed by atoms with Crippen molar-refractivity contribution >= 4 is 22.5 Å². The molecule has 0 fully saturated rings. The molecule has 0 radical (unpaired) electrons. The highest BCUT2D eigenvalue weighted by Gasteiger charge is 2.15. The number of ether oxygens (including phenoxy) is 1. The number of H-pyrrole nitrogens is 1. The molecule has 2 N–H and O–H groups in total. The van der Waals surface area contributed by atoms with Gasteiger partial charge in [0.15, 0.2) is 5.69 Å². The Balaban J connectivity index is 1.89. The van der Waals surface area contributed by atoms with Crippen molar-refractivity contribution < 1.29 is 14.6 Å². The second-order valence-electron chi connectivity index (χ2n) is 6.08. The molecule has 2 heterocycles. The number of methoxy groups -OCH3 is 1. The topological polar surface area (TPSA) is 133 Å². The van der Waals surface area contributed by atoms with Gasteiger partial charge < -0.3 is 19.4 Å². The minimum atomic E-state index is -0.696. The molecule has 0 bridgehead atoms. The highest BCUT2D eigenvalue weighted by atomic mass is 16.5. The number of nitriles is 1. The van der Waals surface area contributed by atoms with Crippen LogP contribution in [0.3, 0.4) is 0 Å². The number of azo groups is 1. The fourth-order valence-corrected chi connectivity index (χ4v) is 2.91. The number of nitrogens with zero attached hydrogens (tertiary/aromatic N) is 4. The highest BCUT2D eigenvalue weighted by molar-refractivity contribution is 5.94. The van der Waals surface area contributed by atoms with Gasteiger partial charge in [0, 0.05) is 23.8 Å². The van der Waals surface area contributed by atoms with Crippen molar-refractivity contribution in [1.82, 2.24) is 9.55 Å². The second kappa shape index (κ2) is 7.85. The van der Waals surface area contributed by atoms with E-state index in [-0.39, 0.29) is 30.3 Å². The van der Waals surface area contributed by atoms with Gasteiger partial charge in [-0.1, -0.05) is 18.2 Å². The maximum Gasteiger partial charge on any atom is 0.284 e. The van der Waals surface area contributed by atoms with Crippen LogP contribution in [-0.2, 0) is 22.7 Å². The average molecular weight is 379 g/mol. The molecule has 0 aliphatic carbocycles. The minimum Gasteiger partial charge on any atom is -0.493 e. The summed E-state index contributed by atoms with van der Waals surface area (Å²) in [6, 6.07) is 10.5. The normalized spacial score (nSPS) is 11.2. The van der Waals surface area contributed by atoms with Gasteiger partial charge in [0.1, 0.15) is 18.2 Å². The number of nitrogens with one attached hydrogen (secondary N) is 1. The van der Waals surface area contributed by atoms with Crippen LogP contribution in [0.5, 0.6) is 5.88 Å². The van der Waals surface area contributed by atoms with E-state index in [9.17, 15) is 20.0 Å². The first kappa shape index (κ1) is 19.0. The van der Waals surface area contributed by atoms with Crippen molar-refractivity contribution in [3.8, 4) is 11.9 Å². The van der Waals surface area contributed by atoms with Crippen molar-refractivity contribution in [1.29, 1.82) is 5.26 Å². The number of carbonyl (C=O) groups is 1. The van der Waals surface area contributed by atoms with E-state index in [0.717, 1.165) is 4.57 Å². The molecule has 1 aromatic carbocycles. The van der Waals surface area contributed by atoms with Crippen LogP contribution >= 0.6 is 0 Å². The molecule has 0 saturated heterocycles. The number of pyridine rings is 1. The van der Waals surface area contributed by atoms with Crippen LogP contribution in [0.15, 0.2) is 45.4 Å². The molecule has 0 aliphatic rings. The number of benzene rings is 1. The Morgan fingerprint density at radius 2 is 2.14 bits per heavy atom. The van der Waals surface area contributed by atoms with Gasteiger partial charge in [0.25, 0.3) is 11.5 Å². The van der Waals surface area contributed by atoms with Crippen LogP contribution in [0.1, 0.15) is 16.8 Å². The molecule has 0 saturated carbocycles. The molecule has 3 rings (SSSR count). The lowest BCUT2D eigenvalue weighted by Crippen LogP contribution is -2.28. The number of hydrogen-bond donors (Lipinski definition) is 2. The van der Waals surface area contributed by atoms with Crippen molar-refractivity contribution in [2.45, 2.75) is 20.1 Å². The number of aryl methyl sites for hydroxylation is 1.